The molecular formula is C20H18N2O2. The lowest BCUT2D eigenvalue weighted by atomic mass is 10.2. The monoisotopic (exact) mass is 318 g/mol. The van der Waals surface area contributed by atoms with Crippen molar-refractivity contribution >= 4 is 28.7 Å². The Labute approximate surface area is 140 Å². The quantitative estimate of drug-likeness (QED) is 0.606. The zero-order chi connectivity index (χ0) is 16.9. The van der Waals surface area contributed by atoms with Crippen LogP contribution in [0.4, 0.5) is 22.7 Å². The number of aromatic carboxylic acids is 1. The van der Waals surface area contributed by atoms with Crippen LogP contribution in [0.2, 0.25) is 0 Å². The Morgan fingerprint density at radius 1 is 0.667 bits per heavy atom. The topological polar surface area (TPSA) is 61.4 Å². The van der Waals surface area contributed by atoms with E-state index < -0.39 is 5.97 Å². The average molecular weight is 318 g/mol. The highest BCUT2D eigenvalue weighted by Gasteiger charge is 2.02. The van der Waals surface area contributed by atoms with Gasteiger partial charge in [-0.3, -0.25) is 0 Å². The molecule has 24 heavy (non-hydrogen) atoms. The van der Waals surface area contributed by atoms with Crippen molar-refractivity contribution < 1.29 is 9.90 Å². The Kier molecular flexibility index (Phi) is 4.47. The summed E-state index contributed by atoms with van der Waals surface area (Å²) in [4.78, 5) is 10.8. The molecule has 0 aromatic heterocycles. The van der Waals surface area contributed by atoms with E-state index in [2.05, 4.69) is 29.7 Å². The fourth-order valence-electron chi connectivity index (χ4n) is 2.30. The Balaban J connectivity index is 1.65. The van der Waals surface area contributed by atoms with Gasteiger partial charge < -0.3 is 15.7 Å². The van der Waals surface area contributed by atoms with Gasteiger partial charge in [-0.25, -0.2) is 4.79 Å². The summed E-state index contributed by atoms with van der Waals surface area (Å²) in [5, 5.41) is 15.5. The molecule has 0 spiro atoms. The molecule has 4 heteroatoms. The molecule has 0 saturated carbocycles. The van der Waals surface area contributed by atoms with Crippen molar-refractivity contribution in [2.45, 2.75) is 6.92 Å². The smallest absolute Gasteiger partial charge is 0.335 e. The fraction of sp³-hybridized carbons (Fsp3) is 0.0500. The number of rotatable bonds is 5. The molecule has 0 fully saturated rings. The summed E-state index contributed by atoms with van der Waals surface area (Å²) in [6.07, 6.45) is 0. The first-order valence-electron chi connectivity index (χ1n) is 7.64. The van der Waals surface area contributed by atoms with Crippen molar-refractivity contribution in [1.29, 1.82) is 0 Å². The number of nitrogens with one attached hydrogen (secondary N) is 2. The molecule has 3 N–H and O–H groups in total. The number of carboxylic acids is 1. The highest BCUT2D eigenvalue weighted by atomic mass is 16.4. The van der Waals surface area contributed by atoms with Gasteiger partial charge >= 0.3 is 5.97 Å². The number of anilines is 4. The summed E-state index contributed by atoms with van der Waals surface area (Å²) in [6, 6.07) is 22.8. The van der Waals surface area contributed by atoms with E-state index in [1.54, 1.807) is 24.3 Å². The summed E-state index contributed by atoms with van der Waals surface area (Å²) in [7, 11) is 0. The third-order valence-electron chi connectivity index (χ3n) is 3.65. The van der Waals surface area contributed by atoms with E-state index >= 15 is 0 Å². The predicted octanol–water partition coefficient (Wildman–Crippen LogP) is 5.18. The lowest BCUT2D eigenvalue weighted by Crippen LogP contribution is -1.96. The van der Waals surface area contributed by atoms with Crippen LogP contribution in [0.25, 0.3) is 0 Å². The number of aryl methyl sites for hydroxylation is 1. The number of carboxylic acid groups (broad SMARTS) is 1. The van der Waals surface area contributed by atoms with E-state index in [9.17, 15) is 4.79 Å². The first-order chi connectivity index (χ1) is 11.6. The zero-order valence-corrected chi connectivity index (χ0v) is 13.3. The molecule has 3 rings (SSSR count). The van der Waals surface area contributed by atoms with Gasteiger partial charge in [0.05, 0.1) is 5.56 Å². The Hall–Kier alpha value is -3.27. The van der Waals surface area contributed by atoms with Crippen molar-refractivity contribution in [3.05, 3.63) is 83.9 Å². The van der Waals surface area contributed by atoms with Crippen LogP contribution in [0, 0.1) is 6.92 Å². The maximum absolute atomic E-state index is 10.8. The van der Waals surface area contributed by atoms with Crippen LogP contribution in [0.15, 0.2) is 72.8 Å². The van der Waals surface area contributed by atoms with Crippen LogP contribution in [0.5, 0.6) is 0 Å². The van der Waals surface area contributed by atoms with Gasteiger partial charge in [-0.1, -0.05) is 17.7 Å². The van der Waals surface area contributed by atoms with Crippen LogP contribution in [0.1, 0.15) is 15.9 Å². The average Bonchev–Trinajstić information content (AvgIpc) is 2.59. The van der Waals surface area contributed by atoms with Crippen LogP contribution in [0.3, 0.4) is 0 Å². The van der Waals surface area contributed by atoms with Crippen LogP contribution in [-0.4, -0.2) is 11.1 Å². The van der Waals surface area contributed by atoms with Crippen molar-refractivity contribution in [2.24, 2.45) is 0 Å². The lowest BCUT2D eigenvalue weighted by Gasteiger charge is -2.10. The molecule has 4 nitrogen and oxygen atoms in total. The molecule has 3 aromatic rings. The van der Waals surface area contributed by atoms with E-state index in [4.69, 9.17) is 5.11 Å². The number of hydrogen-bond acceptors (Lipinski definition) is 3. The van der Waals surface area contributed by atoms with E-state index in [0.717, 1.165) is 22.7 Å². The summed E-state index contributed by atoms with van der Waals surface area (Å²) in [5.41, 5.74) is 5.34. The molecular weight excluding hydrogens is 300 g/mol. The minimum Gasteiger partial charge on any atom is -0.478 e. The number of benzene rings is 3. The van der Waals surface area contributed by atoms with Gasteiger partial charge in [0.2, 0.25) is 0 Å². The molecule has 3 aromatic carbocycles. The first kappa shape index (κ1) is 15.6. The number of hydrogen-bond donors (Lipinski definition) is 3. The van der Waals surface area contributed by atoms with Crippen LogP contribution in [-0.2, 0) is 0 Å². The van der Waals surface area contributed by atoms with Gasteiger partial charge in [0.1, 0.15) is 0 Å². The van der Waals surface area contributed by atoms with Crippen molar-refractivity contribution in [1.82, 2.24) is 0 Å². The standard InChI is InChI=1S/C20H18N2O2/c1-14-2-6-16(7-3-14)21-18-10-12-19(13-11-18)22-17-8-4-15(5-9-17)20(23)24/h2-13,21-22H,1H3,(H,23,24). The Bertz CT molecular complexity index is 823. The lowest BCUT2D eigenvalue weighted by molar-refractivity contribution is 0.0697. The molecule has 0 aliphatic rings. The van der Waals surface area contributed by atoms with Crippen LogP contribution < -0.4 is 10.6 Å². The molecule has 0 radical (unpaired) electrons. The second kappa shape index (κ2) is 6.87. The fourth-order valence-corrected chi connectivity index (χ4v) is 2.30. The maximum atomic E-state index is 10.8. The summed E-state index contributed by atoms with van der Waals surface area (Å²) >= 11 is 0. The van der Waals surface area contributed by atoms with E-state index in [0.29, 0.717) is 0 Å². The normalized spacial score (nSPS) is 10.2. The molecule has 0 heterocycles. The molecule has 120 valence electrons. The molecule has 0 aliphatic heterocycles. The summed E-state index contributed by atoms with van der Waals surface area (Å²) < 4.78 is 0. The summed E-state index contributed by atoms with van der Waals surface area (Å²) in [6.45, 7) is 2.06. The zero-order valence-electron chi connectivity index (χ0n) is 13.3. The van der Waals surface area contributed by atoms with Gasteiger partial charge in [-0.15, -0.1) is 0 Å². The molecule has 0 saturated heterocycles. The molecule has 0 aliphatic carbocycles. The molecule has 0 unspecified atom stereocenters. The first-order valence-corrected chi connectivity index (χ1v) is 7.64. The minimum atomic E-state index is -0.923. The maximum Gasteiger partial charge on any atom is 0.335 e. The van der Waals surface area contributed by atoms with Crippen molar-refractivity contribution in [3.63, 3.8) is 0 Å². The second-order valence-electron chi connectivity index (χ2n) is 5.58. The van der Waals surface area contributed by atoms with E-state index in [1.165, 1.54) is 5.56 Å². The highest BCUT2D eigenvalue weighted by Crippen LogP contribution is 2.22. The molecule has 0 amide bonds. The second-order valence-corrected chi connectivity index (χ2v) is 5.58. The van der Waals surface area contributed by atoms with Gasteiger partial charge in [0.15, 0.2) is 0 Å². The van der Waals surface area contributed by atoms with Crippen LogP contribution >= 0.6 is 0 Å². The predicted molar refractivity (Wildman–Crippen MR) is 97.6 cm³/mol. The van der Waals surface area contributed by atoms with Gasteiger partial charge in [0, 0.05) is 22.7 Å². The van der Waals surface area contributed by atoms with Gasteiger partial charge in [-0.05, 0) is 67.6 Å². The molecule has 0 bridgehead atoms. The van der Waals surface area contributed by atoms with E-state index in [1.807, 2.05) is 36.4 Å². The Morgan fingerprint density at radius 2 is 1.00 bits per heavy atom. The van der Waals surface area contributed by atoms with Gasteiger partial charge in [-0.2, -0.15) is 0 Å². The summed E-state index contributed by atoms with van der Waals surface area (Å²) in [5.74, 6) is -0.923. The third kappa shape index (κ3) is 3.93. The van der Waals surface area contributed by atoms with Crippen molar-refractivity contribution in [3.8, 4) is 0 Å². The molecule has 0 atom stereocenters. The Morgan fingerprint density at radius 3 is 1.38 bits per heavy atom. The SMILES string of the molecule is Cc1ccc(Nc2ccc(Nc3ccc(C(=O)O)cc3)cc2)cc1. The number of carbonyl (C=O) groups is 1. The highest BCUT2D eigenvalue weighted by molar-refractivity contribution is 5.88. The van der Waals surface area contributed by atoms with Crippen molar-refractivity contribution in [2.75, 3.05) is 10.6 Å². The largest absolute Gasteiger partial charge is 0.478 e. The minimum absolute atomic E-state index is 0.276. The van der Waals surface area contributed by atoms with E-state index in [-0.39, 0.29) is 5.56 Å². The third-order valence-corrected chi connectivity index (χ3v) is 3.65. The van der Waals surface area contributed by atoms with Gasteiger partial charge in [0.25, 0.3) is 0 Å².